The minimum absolute atomic E-state index is 0.0752. The first kappa shape index (κ1) is 18.4. The van der Waals surface area contributed by atoms with Gasteiger partial charge < -0.3 is 24.3 Å². The maximum atomic E-state index is 12.1. The molecule has 0 aliphatic carbocycles. The molecule has 1 aromatic carbocycles. The third kappa shape index (κ3) is 3.20. The Morgan fingerprint density at radius 2 is 2.15 bits per heavy atom. The molecule has 26 heavy (non-hydrogen) atoms. The molecular weight excluding hydrogens is 338 g/mol. The normalized spacial score (nSPS) is 22.7. The second-order valence-corrected chi connectivity index (χ2v) is 6.85. The van der Waals surface area contributed by atoms with Gasteiger partial charge in [0.15, 0.2) is 11.6 Å². The second kappa shape index (κ2) is 7.09. The number of nitrogens with one attached hydrogen (secondary N) is 1. The summed E-state index contributed by atoms with van der Waals surface area (Å²) < 4.78 is 10.3. The van der Waals surface area contributed by atoms with Gasteiger partial charge in [0.25, 0.3) is 0 Å². The Morgan fingerprint density at radius 3 is 2.81 bits per heavy atom. The highest BCUT2D eigenvalue weighted by Crippen LogP contribution is 2.32. The number of hydrogen-bond donors (Lipinski definition) is 3. The number of esters is 1. The van der Waals surface area contributed by atoms with Gasteiger partial charge in [0.05, 0.1) is 12.7 Å². The zero-order valence-electron chi connectivity index (χ0n) is 15.2. The lowest BCUT2D eigenvalue weighted by atomic mass is 9.99. The lowest BCUT2D eigenvalue weighted by molar-refractivity contribution is -0.918. The number of phenolic OH excluding ortho intramolecular Hbond substituents is 1. The van der Waals surface area contributed by atoms with E-state index < -0.39 is 23.7 Å². The first-order valence-electron chi connectivity index (χ1n) is 8.74. The highest BCUT2D eigenvalue weighted by atomic mass is 16.5. The molecule has 7 nitrogen and oxygen atoms in total. The molecule has 0 radical (unpaired) electrons. The second-order valence-electron chi connectivity index (χ2n) is 6.85. The van der Waals surface area contributed by atoms with Crippen LogP contribution in [0.2, 0.25) is 0 Å². The van der Waals surface area contributed by atoms with Crippen LogP contribution in [0, 0.1) is 6.92 Å². The number of phenols is 1. The van der Waals surface area contributed by atoms with Gasteiger partial charge in [0.1, 0.15) is 24.9 Å². The van der Waals surface area contributed by atoms with Crippen LogP contribution in [0.3, 0.4) is 0 Å². The van der Waals surface area contributed by atoms with E-state index in [2.05, 4.69) is 0 Å². The number of hydrogen-bond acceptors (Lipinski definition) is 6. The van der Waals surface area contributed by atoms with Gasteiger partial charge in [-0.05, 0) is 30.5 Å². The van der Waals surface area contributed by atoms with E-state index >= 15 is 0 Å². The number of carbonyl (C=O) groups excluding carboxylic acids is 1. The van der Waals surface area contributed by atoms with Crippen LogP contribution < -0.4 is 10.5 Å². The lowest BCUT2D eigenvalue weighted by Crippen LogP contribution is -3.13. The number of rotatable bonds is 4. The monoisotopic (exact) mass is 362 g/mol. The van der Waals surface area contributed by atoms with E-state index in [4.69, 9.17) is 9.15 Å². The highest BCUT2D eigenvalue weighted by molar-refractivity contribution is 5.86. The van der Waals surface area contributed by atoms with Gasteiger partial charge in [0, 0.05) is 17.9 Å². The van der Waals surface area contributed by atoms with E-state index in [-0.39, 0.29) is 12.3 Å². The van der Waals surface area contributed by atoms with Crippen molar-refractivity contribution in [3.05, 3.63) is 39.2 Å². The molecule has 1 unspecified atom stereocenters. The first-order chi connectivity index (χ1) is 12.3. The fraction of sp³-hybridized carbons (Fsp3) is 0.474. The fourth-order valence-corrected chi connectivity index (χ4v) is 3.79. The van der Waals surface area contributed by atoms with Crippen molar-refractivity contribution in [2.75, 3.05) is 13.7 Å². The number of aromatic hydroxyl groups is 1. The van der Waals surface area contributed by atoms with Gasteiger partial charge in [0.2, 0.25) is 0 Å². The number of carbonyl (C=O) groups is 1. The van der Waals surface area contributed by atoms with Crippen molar-refractivity contribution >= 4 is 16.9 Å². The highest BCUT2D eigenvalue weighted by Gasteiger charge is 2.41. The molecule has 0 bridgehead atoms. The Labute approximate surface area is 150 Å². The van der Waals surface area contributed by atoms with Crippen LogP contribution in [0.25, 0.3) is 11.0 Å². The summed E-state index contributed by atoms with van der Waals surface area (Å²) in [5.74, 6) is -0.323. The molecule has 0 saturated carbocycles. The van der Waals surface area contributed by atoms with E-state index in [1.165, 1.54) is 13.2 Å². The summed E-state index contributed by atoms with van der Waals surface area (Å²) in [6, 6.07) is 2.73. The molecule has 3 N–H and O–H groups in total. The maximum absolute atomic E-state index is 12.1. The number of likely N-dealkylation sites (tertiary alicyclic amines) is 1. The molecule has 3 rings (SSSR count). The van der Waals surface area contributed by atoms with Crippen molar-refractivity contribution < 1.29 is 29.1 Å². The molecule has 1 aromatic heterocycles. The Kier molecular flexibility index (Phi) is 5.02. The predicted octanol–water partition coefficient (Wildman–Crippen LogP) is 0.0605. The summed E-state index contributed by atoms with van der Waals surface area (Å²) in [7, 11) is 1.32. The minimum atomic E-state index is -0.620. The molecule has 1 aliphatic heterocycles. The molecule has 2 heterocycles. The van der Waals surface area contributed by atoms with Crippen molar-refractivity contribution in [3.63, 3.8) is 0 Å². The average molecular weight is 362 g/mol. The molecule has 1 aliphatic rings. The predicted molar refractivity (Wildman–Crippen MR) is 94.2 cm³/mol. The van der Waals surface area contributed by atoms with Crippen LogP contribution in [0.15, 0.2) is 21.3 Å². The zero-order chi connectivity index (χ0) is 19.0. The van der Waals surface area contributed by atoms with Gasteiger partial charge in [-0.1, -0.05) is 6.92 Å². The smallest absolute Gasteiger partial charge is 0.364 e. The molecule has 2 aromatic rings. The van der Waals surface area contributed by atoms with E-state index in [0.717, 1.165) is 21.4 Å². The summed E-state index contributed by atoms with van der Waals surface area (Å²) in [5.41, 5.74) is 1.85. The number of methoxy groups -OCH3 is 1. The molecule has 7 heteroatoms. The summed E-state index contributed by atoms with van der Waals surface area (Å²) in [6.07, 6.45) is 0.300. The van der Waals surface area contributed by atoms with E-state index in [1.807, 2.05) is 19.9 Å². The van der Waals surface area contributed by atoms with E-state index in [1.54, 1.807) is 0 Å². The summed E-state index contributed by atoms with van der Waals surface area (Å²) >= 11 is 0. The van der Waals surface area contributed by atoms with Gasteiger partial charge in [-0.2, -0.15) is 0 Å². The van der Waals surface area contributed by atoms with Gasteiger partial charge in [-0.25, -0.2) is 9.59 Å². The first-order valence-corrected chi connectivity index (χ1v) is 8.74. The van der Waals surface area contributed by atoms with E-state index in [0.29, 0.717) is 30.5 Å². The number of ether oxygens (including phenoxy) is 1. The van der Waals surface area contributed by atoms with Crippen molar-refractivity contribution in [1.29, 1.82) is 0 Å². The van der Waals surface area contributed by atoms with Crippen LogP contribution in [0.1, 0.15) is 30.0 Å². The molecule has 1 fully saturated rings. The molecular formula is C19H24NO6+. The standard InChI is InChI=1S/C19H23NO6/c1-4-11-6-13-10(2)5-16(22)26-18(13)14(17(11)23)9-20-8-12(21)7-15(20)19(24)25-3/h5-6,12,15,21,23H,4,7-9H2,1-3H3/p+1/t12-,15+/m1/s1. The van der Waals surface area contributed by atoms with Crippen LogP contribution in [0.5, 0.6) is 5.75 Å². The molecule has 140 valence electrons. The largest absolute Gasteiger partial charge is 0.507 e. The Hall–Kier alpha value is -2.38. The summed E-state index contributed by atoms with van der Waals surface area (Å²) in [4.78, 5) is 24.7. The van der Waals surface area contributed by atoms with Crippen molar-refractivity contribution in [2.24, 2.45) is 0 Å². The quantitative estimate of drug-likeness (QED) is 0.525. The number of quaternary nitrogens is 1. The van der Waals surface area contributed by atoms with Gasteiger partial charge in [-0.15, -0.1) is 0 Å². The number of aliphatic hydroxyl groups excluding tert-OH is 1. The number of benzene rings is 1. The van der Waals surface area contributed by atoms with Crippen molar-refractivity contribution in [2.45, 2.75) is 45.4 Å². The topological polar surface area (TPSA) is 101 Å². The Balaban J connectivity index is 2.13. The van der Waals surface area contributed by atoms with Gasteiger partial charge >= 0.3 is 11.6 Å². The maximum Gasteiger partial charge on any atom is 0.364 e. The van der Waals surface area contributed by atoms with Crippen LogP contribution >= 0.6 is 0 Å². The molecule has 1 saturated heterocycles. The average Bonchev–Trinajstić information content (AvgIpc) is 2.97. The zero-order valence-corrected chi connectivity index (χ0v) is 15.2. The van der Waals surface area contributed by atoms with Crippen molar-refractivity contribution in [3.8, 4) is 5.75 Å². The molecule has 3 atom stereocenters. The third-order valence-corrected chi connectivity index (χ3v) is 5.16. The van der Waals surface area contributed by atoms with E-state index in [9.17, 15) is 19.8 Å². The summed E-state index contributed by atoms with van der Waals surface area (Å²) in [6.45, 7) is 4.36. The van der Waals surface area contributed by atoms with Crippen molar-refractivity contribution in [1.82, 2.24) is 0 Å². The van der Waals surface area contributed by atoms with Crippen LogP contribution in [0.4, 0.5) is 0 Å². The Morgan fingerprint density at radius 1 is 1.42 bits per heavy atom. The number of aryl methyl sites for hydroxylation is 2. The molecule has 0 amide bonds. The minimum Gasteiger partial charge on any atom is -0.507 e. The summed E-state index contributed by atoms with van der Waals surface area (Å²) in [5, 5.41) is 21.5. The number of aliphatic hydroxyl groups is 1. The van der Waals surface area contributed by atoms with Crippen LogP contribution in [-0.4, -0.2) is 42.0 Å². The SMILES string of the molecule is CCc1cc2c(C)cc(=O)oc2c(C[NH+]2C[C@H](O)C[C@H]2C(=O)OC)c1O. The third-order valence-electron chi connectivity index (χ3n) is 5.16. The Bertz CT molecular complexity index is 903. The molecule has 0 spiro atoms. The van der Waals surface area contributed by atoms with Crippen LogP contribution in [-0.2, 0) is 22.5 Å². The number of fused-ring (bicyclic) bond motifs is 1. The lowest BCUT2D eigenvalue weighted by Gasteiger charge is -2.21. The van der Waals surface area contributed by atoms with Gasteiger partial charge in [-0.3, -0.25) is 0 Å². The fourth-order valence-electron chi connectivity index (χ4n) is 3.79.